The summed E-state index contributed by atoms with van der Waals surface area (Å²) in [6.07, 6.45) is 3.67. The molecule has 1 aliphatic rings. The topological polar surface area (TPSA) is 78.8 Å². The van der Waals surface area contributed by atoms with Gasteiger partial charge in [-0.1, -0.05) is 24.1 Å². The third-order valence-electron chi connectivity index (χ3n) is 4.25. The van der Waals surface area contributed by atoms with Crippen LogP contribution in [0.3, 0.4) is 0 Å². The quantitative estimate of drug-likeness (QED) is 0.794. The second-order valence-electron chi connectivity index (χ2n) is 6.30. The molecule has 0 spiro atoms. The number of benzene rings is 1. The molecule has 1 amide bonds. The Morgan fingerprint density at radius 3 is 2.78 bits per heavy atom. The number of halogens is 1. The van der Waals surface area contributed by atoms with Gasteiger partial charge in [0.15, 0.2) is 0 Å². The lowest BCUT2D eigenvalue weighted by Gasteiger charge is -2.17. The second-order valence-corrected chi connectivity index (χ2v) is 9.62. The first-order chi connectivity index (χ1) is 12.8. The van der Waals surface area contributed by atoms with Gasteiger partial charge in [0.25, 0.3) is 15.9 Å². The SMILES string of the molecule is CN1CCCCC/C1=N/S(=O)(=O)c1cccc(NC(=O)c2ccc(Cl)s2)c1. The highest BCUT2D eigenvalue weighted by molar-refractivity contribution is 7.90. The van der Waals surface area contributed by atoms with Gasteiger partial charge in [-0.05, 0) is 43.2 Å². The number of rotatable bonds is 4. The summed E-state index contributed by atoms with van der Waals surface area (Å²) in [4.78, 5) is 14.6. The first-order valence-electron chi connectivity index (χ1n) is 8.57. The maximum Gasteiger partial charge on any atom is 0.284 e. The summed E-state index contributed by atoms with van der Waals surface area (Å²) in [6.45, 7) is 0.799. The molecule has 0 radical (unpaired) electrons. The molecule has 1 aromatic heterocycles. The van der Waals surface area contributed by atoms with Gasteiger partial charge in [-0.2, -0.15) is 8.42 Å². The Kier molecular flexibility index (Phi) is 6.18. The van der Waals surface area contributed by atoms with Gasteiger partial charge in [0.05, 0.1) is 14.1 Å². The van der Waals surface area contributed by atoms with Crippen LogP contribution < -0.4 is 5.32 Å². The van der Waals surface area contributed by atoms with Gasteiger partial charge < -0.3 is 10.2 Å². The van der Waals surface area contributed by atoms with E-state index in [1.807, 2.05) is 11.9 Å². The summed E-state index contributed by atoms with van der Waals surface area (Å²) in [5.41, 5.74) is 0.389. The number of anilines is 1. The molecule has 1 fully saturated rings. The molecule has 2 heterocycles. The Hall–Kier alpha value is -1.90. The average Bonchev–Trinajstić information content (AvgIpc) is 2.97. The predicted octanol–water partition coefficient (Wildman–Crippen LogP) is 4.25. The molecule has 1 saturated heterocycles. The van der Waals surface area contributed by atoms with Crippen molar-refractivity contribution in [1.82, 2.24) is 4.90 Å². The number of amides is 1. The molecule has 2 aromatic rings. The summed E-state index contributed by atoms with van der Waals surface area (Å²) < 4.78 is 30.0. The van der Waals surface area contributed by atoms with Crippen LogP contribution in [-0.4, -0.2) is 38.7 Å². The number of hydrogen-bond donors (Lipinski definition) is 1. The van der Waals surface area contributed by atoms with E-state index < -0.39 is 10.0 Å². The first-order valence-corrected chi connectivity index (χ1v) is 11.2. The zero-order valence-corrected chi connectivity index (χ0v) is 17.2. The Morgan fingerprint density at radius 1 is 1.22 bits per heavy atom. The fourth-order valence-corrected chi connectivity index (χ4v) is 4.88. The van der Waals surface area contributed by atoms with Crippen LogP contribution in [0.25, 0.3) is 0 Å². The van der Waals surface area contributed by atoms with E-state index in [1.165, 1.54) is 12.1 Å². The van der Waals surface area contributed by atoms with Crippen LogP contribution in [0.4, 0.5) is 5.69 Å². The molecule has 1 aromatic carbocycles. The lowest BCUT2D eigenvalue weighted by molar-refractivity contribution is 0.103. The number of carbonyl (C=O) groups is 1. The van der Waals surface area contributed by atoms with Gasteiger partial charge in [-0.3, -0.25) is 4.79 Å². The maximum absolute atomic E-state index is 12.7. The molecule has 0 atom stereocenters. The smallest absolute Gasteiger partial charge is 0.284 e. The maximum atomic E-state index is 12.7. The van der Waals surface area contributed by atoms with Crippen LogP contribution in [0.5, 0.6) is 0 Å². The highest BCUT2D eigenvalue weighted by Gasteiger charge is 2.19. The molecule has 1 N–H and O–H groups in total. The Balaban J connectivity index is 1.82. The number of nitrogens with zero attached hydrogens (tertiary/aromatic N) is 2. The summed E-state index contributed by atoms with van der Waals surface area (Å²) in [7, 11) is -1.99. The van der Waals surface area contributed by atoms with Crippen molar-refractivity contribution in [2.45, 2.75) is 30.6 Å². The van der Waals surface area contributed by atoms with E-state index in [-0.39, 0.29) is 10.8 Å². The molecular weight excluding hydrogens is 406 g/mol. The van der Waals surface area contributed by atoms with Crippen LogP contribution in [0, 0.1) is 0 Å². The number of hydrogen-bond acceptors (Lipinski definition) is 4. The van der Waals surface area contributed by atoms with E-state index in [4.69, 9.17) is 11.6 Å². The number of thiophene rings is 1. The Labute approximate surface area is 167 Å². The number of carbonyl (C=O) groups excluding carboxylic acids is 1. The molecule has 9 heteroatoms. The van der Waals surface area contributed by atoms with Gasteiger partial charge in [-0.25, -0.2) is 0 Å². The standard InChI is InChI=1S/C18H20ClN3O3S2/c1-22-11-4-2-3-8-17(22)21-27(24,25)14-7-5-6-13(12-14)20-18(23)15-9-10-16(19)26-15/h5-7,9-10,12H,2-4,8,11H2,1H3,(H,20,23)/b21-17-. The number of amidine groups is 1. The Morgan fingerprint density at radius 2 is 2.04 bits per heavy atom. The van der Waals surface area contributed by atoms with E-state index >= 15 is 0 Å². The molecule has 0 unspecified atom stereocenters. The first kappa shape index (κ1) is 19.9. The molecular formula is C18H20ClN3O3S2. The van der Waals surface area contributed by atoms with E-state index in [2.05, 4.69) is 9.71 Å². The van der Waals surface area contributed by atoms with Crippen LogP contribution in [-0.2, 0) is 10.0 Å². The van der Waals surface area contributed by atoms with Crippen LogP contribution in [0.15, 0.2) is 45.7 Å². The van der Waals surface area contributed by atoms with Gasteiger partial charge >= 0.3 is 0 Å². The molecule has 3 rings (SSSR count). The number of likely N-dealkylation sites (tertiary alicyclic amines) is 1. The molecule has 1 aliphatic heterocycles. The zero-order valence-electron chi connectivity index (χ0n) is 14.8. The van der Waals surface area contributed by atoms with Crippen molar-refractivity contribution in [1.29, 1.82) is 0 Å². The minimum atomic E-state index is -3.85. The third kappa shape index (κ3) is 5.09. The largest absolute Gasteiger partial charge is 0.362 e. The lowest BCUT2D eigenvalue weighted by atomic mass is 10.2. The Bertz CT molecular complexity index is 970. The van der Waals surface area contributed by atoms with Crippen molar-refractivity contribution >= 4 is 50.4 Å². The van der Waals surface area contributed by atoms with Crippen LogP contribution in [0.1, 0.15) is 35.4 Å². The van der Waals surface area contributed by atoms with Crippen molar-refractivity contribution in [3.8, 4) is 0 Å². The second kappa shape index (κ2) is 8.41. The van der Waals surface area contributed by atoms with Crippen molar-refractivity contribution in [2.75, 3.05) is 18.9 Å². The lowest BCUT2D eigenvalue weighted by Crippen LogP contribution is -2.26. The molecule has 6 nitrogen and oxygen atoms in total. The average molecular weight is 426 g/mol. The van der Waals surface area contributed by atoms with E-state index in [1.54, 1.807) is 24.3 Å². The predicted molar refractivity (Wildman–Crippen MR) is 109 cm³/mol. The fraction of sp³-hybridized carbons (Fsp3) is 0.333. The highest BCUT2D eigenvalue weighted by atomic mass is 35.5. The summed E-state index contributed by atoms with van der Waals surface area (Å²) in [5, 5.41) is 2.70. The molecule has 0 aliphatic carbocycles. The highest BCUT2D eigenvalue weighted by Crippen LogP contribution is 2.24. The summed E-state index contributed by atoms with van der Waals surface area (Å²) in [5.74, 6) is 0.242. The van der Waals surface area contributed by atoms with E-state index in [0.717, 1.165) is 37.1 Å². The summed E-state index contributed by atoms with van der Waals surface area (Å²) >= 11 is 7.01. The van der Waals surface area contributed by atoms with Crippen molar-refractivity contribution in [3.63, 3.8) is 0 Å². The number of nitrogens with one attached hydrogen (secondary N) is 1. The fourth-order valence-electron chi connectivity index (χ4n) is 2.80. The minimum absolute atomic E-state index is 0.0506. The van der Waals surface area contributed by atoms with Gasteiger partial charge in [0.2, 0.25) is 0 Å². The summed E-state index contributed by atoms with van der Waals surface area (Å²) in [6, 6.07) is 9.38. The van der Waals surface area contributed by atoms with Crippen LogP contribution >= 0.6 is 22.9 Å². The molecule has 27 heavy (non-hydrogen) atoms. The van der Waals surface area contributed by atoms with Gasteiger partial charge in [-0.15, -0.1) is 15.7 Å². The van der Waals surface area contributed by atoms with Crippen molar-refractivity contribution < 1.29 is 13.2 Å². The van der Waals surface area contributed by atoms with Crippen molar-refractivity contribution in [2.24, 2.45) is 4.40 Å². The van der Waals surface area contributed by atoms with E-state index in [9.17, 15) is 13.2 Å². The van der Waals surface area contributed by atoms with Crippen LogP contribution in [0.2, 0.25) is 4.34 Å². The van der Waals surface area contributed by atoms with Gasteiger partial charge in [0.1, 0.15) is 5.84 Å². The van der Waals surface area contributed by atoms with E-state index in [0.29, 0.717) is 27.2 Å². The molecule has 144 valence electrons. The molecule has 0 bridgehead atoms. The number of sulfonamides is 1. The van der Waals surface area contributed by atoms with Crippen molar-refractivity contribution in [3.05, 3.63) is 45.6 Å². The minimum Gasteiger partial charge on any atom is -0.362 e. The molecule has 0 saturated carbocycles. The van der Waals surface area contributed by atoms with Gasteiger partial charge in [0, 0.05) is 25.7 Å². The normalized spacial score (nSPS) is 17.0. The third-order valence-corrected chi connectivity index (χ3v) is 6.78. The zero-order chi connectivity index (χ0) is 19.4. The monoisotopic (exact) mass is 425 g/mol.